The van der Waals surface area contributed by atoms with Crippen LogP contribution in [0.3, 0.4) is 0 Å². The molecule has 1 saturated heterocycles. The van der Waals surface area contributed by atoms with Crippen molar-refractivity contribution >= 4 is 37.4 Å². The van der Waals surface area contributed by atoms with E-state index in [1.807, 2.05) is 0 Å². The first-order valence-corrected chi connectivity index (χ1v) is 12.4. The number of hydrogen-bond acceptors (Lipinski definition) is 7. The van der Waals surface area contributed by atoms with Crippen molar-refractivity contribution in [3.05, 3.63) is 29.8 Å². The van der Waals surface area contributed by atoms with Crippen molar-refractivity contribution in [1.29, 1.82) is 0 Å². The zero-order chi connectivity index (χ0) is 21.1. The number of para-hydroxylation sites is 1. The van der Waals surface area contributed by atoms with Crippen LogP contribution < -0.4 is 4.72 Å². The van der Waals surface area contributed by atoms with Crippen molar-refractivity contribution in [3.8, 4) is 0 Å². The van der Waals surface area contributed by atoms with Gasteiger partial charge in [-0.25, -0.2) is 21.6 Å². The van der Waals surface area contributed by atoms with E-state index in [1.54, 1.807) is 13.0 Å². The molecule has 0 bridgehead atoms. The Morgan fingerprint density at radius 3 is 2.50 bits per heavy atom. The van der Waals surface area contributed by atoms with E-state index in [0.717, 1.165) is 6.26 Å². The maximum absolute atomic E-state index is 12.7. The number of anilines is 1. The smallest absolute Gasteiger partial charge is 0.341 e. The van der Waals surface area contributed by atoms with Gasteiger partial charge in [-0.1, -0.05) is 12.1 Å². The number of nitrogens with one attached hydrogen (secondary N) is 1. The summed E-state index contributed by atoms with van der Waals surface area (Å²) in [6.07, 6.45) is 0.154. The largest absolute Gasteiger partial charge is 0.449 e. The van der Waals surface area contributed by atoms with Crippen LogP contribution in [0.1, 0.15) is 30.6 Å². The Kier molecular flexibility index (Phi) is 6.71. The van der Waals surface area contributed by atoms with E-state index in [2.05, 4.69) is 4.72 Å². The summed E-state index contributed by atoms with van der Waals surface area (Å²) in [7, 11) is -6.77. The summed E-state index contributed by atoms with van der Waals surface area (Å²) in [6.45, 7) is 3.41. The second-order valence-electron chi connectivity index (χ2n) is 6.65. The third-order valence-electron chi connectivity index (χ3n) is 4.35. The highest BCUT2D eigenvalue weighted by molar-refractivity contribution is 7.92. The average molecular weight is 433 g/mol. The van der Waals surface area contributed by atoms with Crippen LogP contribution in [0.5, 0.6) is 0 Å². The zero-order valence-corrected chi connectivity index (χ0v) is 17.5. The molecule has 9 nitrogen and oxygen atoms in total. The third kappa shape index (κ3) is 5.68. The lowest BCUT2D eigenvalue weighted by atomic mass is 10.1. The Morgan fingerprint density at radius 1 is 1.32 bits per heavy atom. The SMILES string of the molecule is CCN(C(=O)[C@H](C)OC(=O)c1ccccc1NS(C)(=O)=O)[C@H]1CCS(=O)(=O)C1. The number of rotatable bonds is 7. The van der Waals surface area contributed by atoms with Gasteiger partial charge in [-0.15, -0.1) is 0 Å². The number of ether oxygens (including phenoxy) is 1. The van der Waals surface area contributed by atoms with Crippen molar-refractivity contribution < 1.29 is 31.2 Å². The number of nitrogens with zero attached hydrogens (tertiary/aromatic N) is 1. The van der Waals surface area contributed by atoms with Crippen molar-refractivity contribution in [1.82, 2.24) is 4.90 Å². The van der Waals surface area contributed by atoms with Gasteiger partial charge in [0.1, 0.15) is 0 Å². The van der Waals surface area contributed by atoms with Crippen LogP contribution in [0.2, 0.25) is 0 Å². The first-order valence-electron chi connectivity index (χ1n) is 8.72. The summed E-state index contributed by atoms with van der Waals surface area (Å²) in [5.41, 5.74) is 0.0166. The third-order valence-corrected chi connectivity index (χ3v) is 6.69. The van der Waals surface area contributed by atoms with Gasteiger partial charge in [-0.05, 0) is 32.4 Å². The highest BCUT2D eigenvalue weighted by Crippen LogP contribution is 2.21. The predicted molar refractivity (Wildman–Crippen MR) is 104 cm³/mol. The number of carbonyl (C=O) groups excluding carboxylic acids is 2. The average Bonchev–Trinajstić information content (AvgIpc) is 2.94. The van der Waals surface area contributed by atoms with Crippen LogP contribution in [-0.2, 0) is 29.4 Å². The minimum absolute atomic E-state index is 0.0279. The molecule has 1 heterocycles. The van der Waals surface area contributed by atoms with Crippen molar-refractivity contribution in [2.24, 2.45) is 0 Å². The first kappa shape index (κ1) is 22.2. The van der Waals surface area contributed by atoms with Gasteiger partial charge in [0.2, 0.25) is 10.0 Å². The molecule has 156 valence electrons. The van der Waals surface area contributed by atoms with E-state index in [9.17, 15) is 26.4 Å². The fraction of sp³-hybridized carbons (Fsp3) is 0.529. The summed E-state index contributed by atoms with van der Waals surface area (Å²) in [5, 5.41) is 0. The number of sulfonamides is 1. The highest BCUT2D eigenvalue weighted by Gasteiger charge is 2.36. The molecule has 11 heteroatoms. The molecule has 0 saturated carbocycles. The number of likely N-dealkylation sites (N-methyl/N-ethyl adjacent to an activating group) is 1. The quantitative estimate of drug-likeness (QED) is 0.626. The van der Waals surface area contributed by atoms with E-state index in [1.165, 1.54) is 30.0 Å². The topological polar surface area (TPSA) is 127 Å². The molecule has 1 aromatic rings. The predicted octanol–water partition coefficient (Wildman–Crippen LogP) is 0.639. The van der Waals surface area contributed by atoms with E-state index in [-0.39, 0.29) is 29.3 Å². The second kappa shape index (κ2) is 8.48. The zero-order valence-electron chi connectivity index (χ0n) is 15.9. The molecule has 0 aromatic heterocycles. The minimum atomic E-state index is -3.61. The summed E-state index contributed by atoms with van der Waals surface area (Å²) >= 11 is 0. The number of benzene rings is 1. The van der Waals surface area contributed by atoms with Crippen LogP contribution in [0.15, 0.2) is 24.3 Å². The number of esters is 1. The Hall–Kier alpha value is -2.14. The van der Waals surface area contributed by atoms with Gasteiger partial charge in [-0.3, -0.25) is 9.52 Å². The molecule has 2 rings (SSSR count). The van der Waals surface area contributed by atoms with Crippen LogP contribution in [0.25, 0.3) is 0 Å². The molecule has 1 amide bonds. The fourth-order valence-electron chi connectivity index (χ4n) is 3.07. The molecule has 1 fully saturated rings. The highest BCUT2D eigenvalue weighted by atomic mass is 32.2. The first-order chi connectivity index (χ1) is 12.9. The molecule has 1 aliphatic heterocycles. The number of hydrogen-bond donors (Lipinski definition) is 1. The van der Waals surface area contributed by atoms with Gasteiger partial charge in [-0.2, -0.15) is 0 Å². The Morgan fingerprint density at radius 2 is 1.96 bits per heavy atom. The molecular formula is C17H24N2O7S2. The molecule has 0 unspecified atom stereocenters. The molecule has 2 atom stereocenters. The van der Waals surface area contributed by atoms with E-state index >= 15 is 0 Å². The van der Waals surface area contributed by atoms with Crippen LogP contribution in [-0.4, -0.2) is 70.1 Å². The van der Waals surface area contributed by atoms with E-state index < -0.39 is 43.9 Å². The maximum atomic E-state index is 12.7. The lowest BCUT2D eigenvalue weighted by molar-refractivity contribution is -0.141. The molecule has 1 N–H and O–H groups in total. The standard InChI is InChI=1S/C17H24N2O7S2/c1-4-19(13-9-10-28(24,25)11-13)16(20)12(2)26-17(21)14-7-5-6-8-15(14)18-27(3,22)23/h5-8,12-13,18H,4,9-11H2,1-3H3/t12-,13-/m0/s1. The van der Waals surface area contributed by atoms with Crippen molar-refractivity contribution in [2.75, 3.05) is 29.0 Å². The number of sulfone groups is 1. The molecule has 0 aliphatic carbocycles. The second-order valence-corrected chi connectivity index (χ2v) is 10.6. The lowest BCUT2D eigenvalue weighted by Gasteiger charge is -2.29. The molecule has 0 spiro atoms. The molecule has 1 aromatic carbocycles. The van der Waals surface area contributed by atoms with Crippen LogP contribution in [0.4, 0.5) is 5.69 Å². The van der Waals surface area contributed by atoms with Gasteiger partial charge in [0.05, 0.1) is 29.0 Å². The summed E-state index contributed by atoms with van der Waals surface area (Å²) in [5.74, 6) is -1.43. The van der Waals surface area contributed by atoms with Crippen LogP contribution >= 0.6 is 0 Å². The van der Waals surface area contributed by atoms with Gasteiger partial charge in [0, 0.05) is 12.6 Å². The number of amides is 1. The van der Waals surface area contributed by atoms with Crippen LogP contribution in [0, 0.1) is 0 Å². The van der Waals surface area contributed by atoms with E-state index in [4.69, 9.17) is 4.74 Å². The lowest BCUT2D eigenvalue weighted by Crippen LogP contribution is -2.46. The van der Waals surface area contributed by atoms with Gasteiger partial charge >= 0.3 is 5.97 Å². The Bertz CT molecular complexity index is 957. The number of carbonyl (C=O) groups is 2. The van der Waals surface area contributed by atoms with E-state index in [0.29, 0.717) is 6.42 Å². The maximum Gasteiger partial charge on any atom is 0.341 e. The molecule has 28 heavy (non-hydrogen) atoms. The normalized spacial score (nSPS) is 19.6. The Labute approximate surface area is 165 Å². The van der Waals surface area contributed by atoms with Gasteiger partial charge in [0.25, 0.3) is 5.91 Å². The molecular weight excluding hydrogens is 408 g/mol. The Balaban J connectivity index is 2.12. The summed E-state index contributed by atoms with van der Waals surface area (Å²) in [6, 6.07) is 5.44. The van der Waals surface area contributed by atoms with Crippen molar-refractivity contribution in [3.63, 3.8) is 0 Å². The minimum Gasteiger partial charge on any atom is -0.449 e. The van der Waals surface area contributed by atoms with Crippen molar-refractivity contribution in [2.45, 2.75) is 32.4 Å². The van der Waals surface area contributed by atoms with Gasteiger partial charge < -0.3 is 9.64 Å². The van der Waals surface area contributed by atoms with Gasteiger partial charge in [0.15, 0.2) is 15.9 Å². The molecule has 1 aliphatic rings. The summed E-state index contributed by atoms with van der Waals surface area (Å²) < 4.78 is 53.8. The fourth-order valence-corrected chi connectivity index (χ4v) is 5.38. The molecule has 0 radical (unpaired) electrons. The monoisotopic (exact) mass is 432 g/mol. The summed E-state index contributed by atoms with van der Waals surface area (Å²) in [4.78, 5) is 26.6.